The number of carboxylic acids is 1. The molecule has 1 unspecified atom stereocenters. The molecule has 0 aromatic heterocycles. The zero-order valence-corrected chi connectivity index (χ0v) is 9.28. The number of ketones is 1. The van der Waals surface area contributed by atoms with Gasteiger partial charge in [0.05, 0.1) is 0 Å². The van der Waals surface area contributed by atoms with E-state index in [2.05, 4.69) is 0 Å². The molecule has 5 nitrogen and oxygen atoms in total. The molecule has 100 valence electrons. The first kappa shape index (κ1) is 15.9. The lowest BCUT2D eigenvalue weighted by molar-refractivity contribution is -0.208. The van der Waals surface area contributed by atoms with E-state index in [0.717, 1.165) is 0 Å². The van der Waals surface area contributed by atoms with Crippen molar-refractivity contribution < 1.29 is 37.3 Å². The van der Waals surface area contributed by atoms with E-state index in [1.165, 1.54) is 13.8 Å². The first-order chi connectivity index (χ1) is 7.75. The van der Waals surface area contributed by atoms with E-state index in [4.69, 9.17) is 14.6 Å². The van der Waals surface area contributed by atoms with E-state index in [-0.39, 0.29) is 13.2 Å². The number of carbonyl (C=O) groups excluding carboxylic acids is 1. The Bertz CT molecular complexity index is 270. The predicted octanol–water partition coefficient (Wildman–Crippen LogP) is 1.22. The van der Waals surface area contributed by atoms with Gasteiger partial charge in [-0.05, 0) is 13.8 Å². The van der Waals surface area contributed by atoms with E-state index in [1.54, 1.807) is 0 Å². The Morgan fingerprint density at radius 3 is 1.82 bits per heavy atom. The van der Waals surface area contributed by atoms with Gasteiger partial charge in [0.2, 0.25) is 0 Å². The fraction of sp³-hybridized carbons (Fsp3) is 0.778. The van der Waals surface area contributed by atoms with Crippen molar-refractivity contribution in [1.82, 2.24) is 0 Å². The average molecular weight is 258 g/mol. The molecule has 0 saturated carbocycles. The number of halogens is 3. The van der Waals surface area contributed by atoms with Gasteiger partial charge < -0.3 is 14.6 Å². The minimum absolute atomic E-state index is 0.0699. The minimum atomic E-state index is -5.24. The summed E-state index contributed by atoms with van der Waals surface area (Å²) in [6.45, 7) is 2.76. The molecule has 8 heteroatoms. The third kappa shape index (κ3) is 4.70. The molecule has 1 N–H and O–H groups in total. The lowest BCUT2D eigenvalue weighted by Crippen LogP contribution is -2.44. The first-order valence-electron chi connectivity index (χ1n) is 4.82. The topological polar surface area (TPSA) is 72.8 Å². The van der Waals surface area contributed by atoms with Crippen molar-refractivity contribution in [2.24, 2.45) is 5.92 Å². The standard InChI is InChI=1S/C9H13F3O5/c1-3-16-8(17-4-2)5(7(14)15)6(13)9(10,11)12/h5,8H,3-4H2,1-2H3,(H,14,15). The average Bonchev–Trinajstić information content (AvgIpc) is 2.16. The normalized spacial score (nSPS) is 13.8. The summed E-state index contributed by atoms with van der Waals surface area (Å²) in [7, 11) is 0. The third-order valence-electron chi connectivity index (χ3n) is 1.76. The number of Topliss-reactive ketones (excluding diaryl/α,β-unsaturated/α-hetero) is 1. The molecule has 0 aromatic carbocycles. The highest BCUT2D eigenvalue weighted by molar-refractivity contribution is 6.01. The van der Waals surface area contributed by atoms with Gasteiger partial charge in [-0.1, -0.05) is 0 Å². The molecular weight excluding hydrogens is 245 g/mol. The number of rotatable bonds is 7. The first-order valence-corrected chi connectivity index (χ1v) is 4.82. The van der Waals surface area contributed by atoms with Gasteiger partial charge in [-0.3, -0.25) is 9.59 Å². The van der Waals surface area contributed by atoms with Crippen LogP contribution in [0.1, 0.15) is 13.8 Å². The summed E-state index contributed by atoms with van der Waals surface area (Å²) in [4.78, 5) is 21.6. The van der Waals surface area contributed by atoms with Gasteiger partial charge in [-0.15, -0.1) is 0 Å². The number of hydrogen-bond donors (Lipinski definition) is 1. The van der Waals surface area contributed by atoms with Crippen molar-refractivity contribution in [2.45, 2.75) is 26.3 Å². The Hall–Kier alpha value is -1.15. The van der Waals surface area contributed by atoms with Gasteiger partial charge in [0.25, 0.3) is 5.78 Å². The molecule has 0 aliphatic carbocycles. The Kier molecular flexibility index (Phi) is 6.11. The molecule has 0 saturated heterocycles. The zero-order chi connectivity index (χ0) is 13.6. The number of carboxylic acid groups (broad SMARTS) is 1. The number of hydrogen-bond acceptors (Lipinski definition) is 4. The molecule has 0 heterocycles. The number of carbonyl (C=O) groups is 2. The van der Waals surface area contributed by atoms with Gasteiger partial charge in [0, 0.05) is 13.2 Å². The molecule has 0 rings (SSSR count). The third-order valence-corrected chi connectivity index (χ3v) is 1.76. The van der Waals surface area contributed by atoms with Crippen LogP contribution >= 0.6 is 0 Å². The smallest absolute Gasteiger partial charge is 0.451 e. The zero-order valence-electron chi connectivity index (χ0n) is 9.28. The number of alkyl halides is 3. The van der Waals surface area contributed by atoms with Crippen LogP contribution in [0.15, 0.2) is 0 Å². The van der Waals surface area contributed by atoms with Crippen LogP contribution in [0.4, 0.5) is 13.2 Å². The van der Waals surface area contributed by atoms with Crippen molar-refractivity contribution in [2.75, 3.05) is 13.2 Å². The van der Waals surface area contributed by atoms with Crippen molar-refractivity contribution in [3.63, 3.8) is 0 Å². The Morgan fingerprint density at radius 1 is 1.18 bits per heavy atom. The molecule has 0 radical (unpaired) electrons. The SMILES string of the molecule is CCOC(OCC)C(C(=O)O)C(=O)C(F)(F)F. The predicted molar refractivity (Wildman–Crippen MR) is 49.2 cm³/mol. The van der Waals surface area contributed by atoms with Crippen LogP contribution in [0.5, 0.6) is 0 Å². The van der Waals surface area contributed by atoms with Crippen molar-refractivity contribution in [3.8, 4) is 0 Å². The second-order valence-corrected chi connectivity index (χ2v) is 2.96. The van der Waals surface area contributed by atoms with Crippen molar-refractivity contribution in [1.29, 1.82) is 0 Å². The van der Waals surface area contributed by atoms with Crippen LogP contribution in [0.3, 0.4) is 0 Å². The lowest BCUT2D eigenvalue weighted by Gasteiger charge is -2.23. The highest BCUT2D eigenvalue weighted by Crippen LogP contribution is 2.25. The maximum Gasteiger partial charge on any atom is 0.451 e. The second-order valence-electron chi connectivity index (χ2n) is 2.96. The summed E-state index contributed by atoms with van der Waals surface area (Å²) in [5.41, 5.74) is 0. The van der Waals surface area contributed by atoms with E-state index < -0.39 is 30.1 Å². The molecule has 0 aliphatic rings. The van der Waals surface area contributed by atoms with Gasteiger partial charge in [-0.25, -0.2) is 0 Å². The fourth-order valence-electron chi connectivity index (χ4n) is 1.10. The van der Waals surface area contributed by atoms with Crippen LogP contribution in [0.25, 0.3) is 0 Å². The van der Waals surface area contributed by atoms with E-state index in [0.29, 0.717) is 0 Å². The van der Waals surface area contributed by atoms with Crippen LogP contribution in [0, 0.1) is 5.92 Å². The quantitative estimate of drug-likeness (QED) is 0.549. The molecule has 0 fully saturated rings. The Balaban J connectivity index is 5.04. The molecule has 0 aromatic rings. The second kappa shape index (κ2) is 6.55. The van der Waals surface area contributed by atoms with Crippen LogP contribution in [-0.2, 0) is 19.1 Å². The Morgan fingerprint density at radius 2 is 1.59 bits per heavy atom. The lowest BCUT2D eigenvalue weighted by atomic mass is 10.0. The number of ether oxygens (including phenoxy) is 2. The molecule has 17 heavy (non-hydrogen) atoms. The molecule has 1 atom stereocenters. The van der Waals surface area contributed by atoms with Crippen LogP contribution in [-0.4, -0.2) is 42.5 Å². The summed E-state index contributed by atoms with van der Waals surface area (Å²) in [5.74, 6) is -6.73. The van der Waals surface area contributed by atoms with Crippen LogP contribution in [0.2, 0.25) is 0 Å². The maximum absolute atomic E-state index is 12.2. The van der Waals surface area contributed by atoms with Gasteiger partial charge in [-0.2, -0.15) is 13.2 Å². The monoisotopic (exact) mass is 258 g/mol. The summed E-state index contributed by atoms with van der Waals surface area (Å²) >= 11 is 0. The maximum atomic E-state index is 12.2. The minimum Gasteiger partial charge on any atom is -0.481 e. The van der Waals surface area contributed by atoms with Gasteiger partial charge >= 0.3 is 12.1 Å². The molecular formula is C9H13F3O5. The largest absolute Gasteiger partial charge is 0.481 e. The molecule has 0 spiro atoms. The molecule has 0 amide bonds. The summed E-state index contributed by atoms with van der Waals surface area (Å²) in [6, 6.07) is 0. The molecule has 0 aliphatic heterocycles. The van der Waals surface area contributed by atoms with Gasteiger partial charge in [0.15, 0.2) is 12.2 Å². The van der Waals surface area contributed by atoms with E-state index in [1.807, 2.05) is 0 Å². The van der Waals surface area contributed by atoms with Crippen LogP contribution < -0.4 is 0 Å². The summed E-state index contributed by atoms with van der Waals surface area (Å²) in [6.07, 6.45) is -6.98. The van der Waals surface area contributed by atoms with Crippen molar-refractivity contribution >= 4 is 11.8 Å². The van der Waals surface area contributed by atoms with Crippen molar-refractivity contribution in [3.05, 3.63) is 0 Å². The highest BCUT2D eigenvalue weighted by atomic mass is 19.4. The number of aliphatic carboxylic acids is 1. The van der Waals surface area contributed by atoms with Gasteiger partial charge in [0.1, 0.15) is 0 Å². The summed E-state index contributed by atoms with van der Waals surface area (Å²) in [5, 5.41) is 8.65. The Labute approximate surface area is 95.5 Å². The summed E-state index contributed by atoms with van der Waals surface area (Å²) < 4.78 is 45.9. The van der Waals surface area contributed by atoms with E-state index >= 15 is 0 Å². The fourth-order valence-corrected chi connectivity index (χ4v) is 1.10. The molecule has 0 bridgehead atoms. The highest BCUT2D eigenvalue weighted by Gasteiger charge is 2.50. The van der Waals surface area contributed by atoms with E-state index in [9.17, 15) is 22.8 Å².